The van der Waals surface area contributed by atoms with Gasteiger partial charge in [0.1, 0.15) is 0 Å². The maximum Gasteiger partial charge on any atom is 0.240 e. The van der Waals surface area contributed by atoms with Crippen molar-refractivity contribution in [2.45, 2.75) is 17.4 Å². The zero-order valence-electron chi connectivity index (χ0n) is 9.97. The molecule has 6 heteroatoms. The van der Waals surface area contributed by atoms with Crippen LogP contribution in [0.2, 0.25) is 0 Å². The van der Waals surface area contributed by atoms with Crippen LogP contribution in [-0.2, 0) is 10.0 Å². The largest absolute Gasteiger partial charge is 0.368 e. The van der Waals surface area contributed by atoms with Crippen molar-refractivity contribution in [3.05, 3.63) is 24.3 Å². The molecule has 1 aliphatic rings. The van der Waals surface area contributed by atoms with Crippen LogP contribution < -0.4 is 15.4 Å². The maximum absolute atomic E-state index is 11.5. The average Bonchev–Trinajstić information content (AvgIpc) is 2.26. The second kappa shape index (κ2) is 3.97. The third-order valence-electron chi connectivity index (χ3n) is 2.89. The molecule has 1 aromatic rings. The molecule has 1 saturated heterocycles. The Morgan fingerprint density at radius 3 is 2.24 bits per heavy atom. The van der Waals surface area contributed by atoms with Crippen molar-refractivity contribution in [1.29, 1.82) is 0 Å². The van der Waals surface area contributed by atoms with Crippen molar-refractivity contribution in [3.63, 3.8) is 0 Å². The SMILES string of the molecule is CNS(=O)(=O)c1ccc(N2CC(C)(N)C2)cc1. The van der Waals surface area contributed by atoms with Crippen molar-refractivity contribution in [2.75, 3.05) is 25.0 Å². The number of nitrogens with two attached hydrogens (primary N) is 1. The molecule has 0 radical (unpaired) electrons. The third-order valence-corrected chi connectivity index (χ3v) is 4.32. The Labute approximate surface area is 102 Å². The fourth-order valence-corrected chi connectivity index (χ4v) is 2.69. The molecule has 94 valence electrons. The highest BCUT2D eigenvalue weighted by Gasteiger charge is 2.34. The molecule has 5 nitrogen and oxygen atoms in total. The smallest absolute Gasteiger partial charge is 0.240 e. The first kappa shape index (κ1) is 12.3. The van der Waals surface area contributed by atoms with E-state index in [1.54, 1.807) is 24.3 Å². The van der Waals surface area contributed by atoms with Crippen LogP contribution in [0.25, 0.3) is 0 Å². The minimum atomic E-state index is -3.35. The lowest BCUT2D eigenvalue weighted by atomic mass is 9.93. The Morgan fingerprint density at radius 2 is 1.82 bits per heavy atom. The normalized spacial score (nSPS) is 18.9. The van der Waals surface area contributed by atoms with E-state index in [2.05, 4.69) is 9.62 Å². The molecule has 0 saturated carbocycles. The quantitative estimate of drug-likeness (QED) is 0.805. The minimum absolute atomic E-state index is 0.129. The van der Waals surface area contributed by atoms with E-state index in [4.69, 9.17) is 5.73 Å². The number of nitrogens with zero attached hydrogens (tertiary/aromatic N) is 1. The predicted octanol–water partition coefficient (Wildman–Crippen LogP) is 0.132. The molecule has 0 atom stereocenters. The number of hydrogen-bond acceptors (Lipinski definition) is 4. The van der Waals surface area contributed by atoms with Gasteiger partial charge in [0.25, 0.3) is 0 Å². The molecule has 0 unspecified atom stereocenters. The molecule has 0 aliphatic carbocycles. The molecule has 0 spiro atoms. The lowest BCUT2D eigenvalue weighted by molar-refractivity contribution is 0.365. The first-order valence-electron chi connectivity index (χ1n) is 5.41. The van der Waals surface area contributed by atoms with E-state index in [9.17, 15) is 8.42 Å². The second-order valence-corrected chi connectivity index (χ2v) is 6.60. The van der Waals surface area contributed by atoms with Crippen molar-refractivity contribution in [2.24, 2.45) is 5.73 Å². The van der Waals surface area contributed by atoms with E-state index in [0.29, 0.717) is 0 Å². The first-order chi connectivity index (χ1) is 7.84. The summed E-state index contributed by atoms with van der Waals surface area (Å²) in [5.74, 6) is 0. The Bertz CT molecular complexity index is 500. The van der Waals surface area contributed by atoms with Gasteiger partial charge in [-0.05, 0) is 38.2 Å². The molecule has 17 heavy (non-hydrogen) atoms. The van der Waals surface area contributed by atoms with Crippen LogP contribution in [0.4, 0.5) is 5.69 Å². The molecule has 1 heterocycles. The molecule has 0 aromatic heterocycles. The highest BCUT2D eigenvalue weighted by molar-refractivity contribution is 7.89. The molecule has 0 amide bonds. The van der Waals surface area contributed by atoms with Gasteiger partial charge in [-0.1, -0.05) is 0 Å². The highest BCUT2D eigenvalue weighted by atomic mass is 32.2. The van der Waals surface area contributed by atoms with Crippen LogP contribution in [0.5, 0.6) is 0 Å². The van der Waals surface area contributed by atoms with E-state index in [0.717, 1.165) is 18.8 Å². The Kier molecular flexibility index (Phi) is 2.89. The van der Waals surface area contributed by atoms with Gasteiger partial charge in [0.05, 0.1) is 4.90 Å². The molecular formula is C11H17N3O2S. The predicted molar refractivity (Wildman–Crippen MR) is 67.5 cm³/mol. The van der Waals surface area contributed by atoms with Gasteiger partial charge in [-0.3, -0.25) is 0 Å². The molecule has 3 N–H and O–H groups in total. The summed E-state index contributed by atoms with van der Waals surface area (Å²) in [6, 6.07) is 6.82. The van der Waals surface area contributed by atoms with Gasteiger partial charge < -0.3 is 10.6 Å². The standard InChI is InChI=1S/C11H17N3O2S/c1-11(12)7-14(8-11)9-3-5-10(6-4-9)17(15,16)13-2/h3-6,13H,7-8,12H2,1-2H3. The van der Waals surface area contributed by atoms with Crippen molar-refractivity contribution < 1.29 is 8.42 Å². The van der Waals surface area contributed by atoms with E-state index in [1.807, 2.05) is 6.92 Å². The summed E-state index contributed by atoms with van der Waals surface area (Å²) >= 11 is 0. The monoisotopic (exact) mass is 255 g/mol. The van der Waals surface area contributed by atoms with Gasteiger partial charge in [0.2, 0.25) is 10.0 Å². The van der Waals surface area contributed by atoms with Gasteiger partial charge >= 0.3 is 0 Å². The van der Waals surface area contributed by atoms with Gasteiger partial charge in [0, 0.05) is 24.3 Å². The Hall–Kier alpha value is -1.11. The zero-order chi connectivity index (χ0) is 12.7. The molecule has 1 aliphatic heterocycles. The number of rotatable bonds is 3. The average molecular weight is 255 g/mol. The summed E-state index contributed by atoms with van der Waals surface area (Å²) in [5, 5.41) is 0. The van der Waals surface area contributed by atoms with E-state index >= 15 is 0 Å². The fourth-order valence-electron chi connectivity index (χ4n) is 1.96. The van der Waals surface area contributed by atoms with Gasteiger partial charge in [-0.25, -0.2) is 13.1 Å². The van der Waals surface area contributed by atoms with Gasteiger partial charge in [-0.2, -0.15) is 0 Å². The van der Waals surface area contributed by atoms with Crippen molar-refractivity contribution in [1.82, 2.24) is 4.72 Å². The summed E-state index contributed by atoms with van der Waals surface area (Å²) in [6.45, 7) is 3.60. The lowest BCUT2D eigenvalue weighted by Gasteiger charge is -2.47. The van der Waals surface area contributed by atoms with Crippen molar-refractivity contribution in [3.8, 4) is 0 Å². The molecule has 1 aromatic carbocycles. The summed E-state index contributed by atoms with van der Waals surface area (Å²) in [6.07, 6.45) is 0. The third kappa shape index (κ3) is 2.43. The molecule has 2 rings (SSSR count). The number of hydrogen-bond donors (Lipinski definition) is 2. The minimum Gasteiger partial charge on any atom is -0.368 e. The van der Waals surface area contributed by atoms with Crippen LogP contribution in [0.3, 0.4) is 0 Å². The topological polar surface area (TPSA) is 75.4 Å². The molecule has 0 bridgehead atoms. The highest BCUT2D eigenvalue weighted by Crippen LogP contribution is 2.26. The summed E-state index contributed by atoms with van der Waals surface area (Å²) < 4.78 is 25.3. The number of anilines is 1. The zero-order valence-corrected chi connectivity index (χ0v) is 10.8. The Morgan fingerprint density at radius 1 is 1.29 bits per heavy atom. The van der Waals surface area contributed by atoms with E-state index in [1.165, 1.54) is 7.05 Å². The Balaban J connectivity index is 2.15. The lowest BCUT2D eigenvalue weighted by Crippen LogP contribution is -2.65. The van der Waals surface area contributed by atoms with Crippen molar-refractivity contribution >= 4 is 15.7 Å². The van der Waals surface area contributed by atoms with Crippen LogP contribution in [0.1, 0.15) is 6.92 Å². The second-order valence-electron chi connectivity index (χ2n) is 4.71. The summed E-state index contributed by atoms with van der Waals surface area (Å²) in [4.78, 5) is 2.40. The number of nitrogens with one attached hydrogen (secondary N) is 1. The number of benzene rings is 1. The van der Waals surface area contributed by atoms with Gasteiger partial charge in [-0.15, -0.1) is 0 Å². The van der Waals surface area contributed by atoms with Gasteiger partial charge in [0.15, 0.2) is 0 Å². The molecule has 1 fully saturated rings. The van der Waals surface area contributed by atoms with Crippen LogP contribution in [-0.4, -0.2) is 34.1 Å². The first-order valence-corrected chi connectivity index (χ1v) is 6.90. The van der Waals surface area contributed by atoms with Crippen LogP contribution >= 0.6 is 0 Å². The van der Waals surface area contributed by atoms with Crippen LogP contribution in [0, 0.1) is 0 Å². The maximum atomic E-state index is 11.5. The molecular weight excluding hydrogens is 238 g/mol. The number of sulfonamides is 1. The van der Waals surface area contributed by atoms with Crippen LogP contribution in [0.15, 0.2) is 29.2 Å². The fraction of sp³-hybridized carbons (Fsp3) is 0.455. The summed E-state index contributed by atoms with van der Waals surface area (Å²) in [7, 11) is -1.94. The van der Waals surface area contributed by atoms with E-state index in [-0.39, 0.29) is 10.4 Å². The summed E-state index contributed by atoms with van der Waals surface area (Å²) in [5.41, 5.74) is 6.80. The van der Waals surface area contributed by atoms with E-state index < -0.39 is 10.0 Å².